The van der Waals surface area contributed by atoms with Crippen molar-refractivity contribution in [1.29, 1.82) is 0 Å². The molecule has 0 spiro atoms. The maximum Gasteiger partial charge on any atom is 0.244 e. The van der Waals surface area contributed by atoms with Gasteiger partial charge in [0.15, 0.2) is 0 Å². The van der Waals surface area contributed by atoms with E-state index in [-0.39, 0.29) is 5.41 Å². The summed E-state index contributed by atoms with van der Waals surface area (Å²) in [4.78, 5) is 7.09. The molecule has 1 saturated heterocycles. The van der Waals surface area contributed by atoms with Crippen LogP contribution < -0.4 is 10.6 Å². The van der Waals surface area contributed by atoms with Crippen molar-refractivity contribution in [2.75, 3.05) is 18.0 Å². The molecule has 1 atom stereocenters. The van der Waals surface area contributed by atoms with Gasteiger partial charge in [-0.25, -0.2) is 0 Å². The summed E-state index contributed by atoms with van der Waals surface area (Å²) in [6.07, 6.45) is 7.39. The molecule has 1 aromatic rings. The summed E-state index contributed by atoms with van der Waals surface area (Å²) in [7, 11) is 0. The van der Waals surface area contributed by atoms with Crippen molar-refractivity contribution in [2.24, 2.45) is 11.7 Å². The fourth-order valence-electron chi connectivity index (χ4n) is 3.68. The first-order valence-corrected chi connectivity index (χ1v) is 8.02. The standard InChI is InChI=1S/C15H27N5/c1-11(16)12-5-9-20(10-6-12)14-17-13(18-19-14)15(2)7-3-4-8-15/h11-12H,3-10,16H2,1-2H3,(H,17,18,19). The summed E-state index contributed by atoms with van der Waals surface area (Å²) in [5, 5.41) is 7.65. The van der Waals surface area contributed by atoms with Crippen LogP contribution in [0, 0.1) is 5.92 Å². The van der Waals surface area contributed by atoms with Gasteiger partial charge in [0.1, 0.15) is 5.82 Å². The van der Waals surface area contributed by atoms with Crippen molar-refractivity contribution in [3.63, 3.8) is 0 Å². The molecule has 2 fully saturated rings. The lowest BCUT2D eigenvalue weighted by Gasteiger charge is -2.33. The zero-order chi connectivity index (χ0) is 14.2. The first-order chi connectivity index (χ1) is 9.58. The zero-order valence-corrected chi connectivity index (χ0v) is 12.7. The van der Waals surface area contributed by atoms with Crippen LogP contribution in [0.1, 0.15) is 58.2 Å². The lowest BCUT2D eigenvalue weighted by Crippen LogP contribution is -2.40. The number of piperidine rings is 1. The lowest BCUT2D eigenvalue weighted by molar-refractivity contribution is 0.352. The number of nitrogens with one attached hydrogen (secondary N) is 1. The molecule has 1 saturated carbocycles. The van der Waals surface area contributed by atoms with Gasteiger partial charge in [0.25, 0.3) is 0 Å². The average molecular weight is 277 g/mol. The monoisotopic (exact) mass is 277 g/mol. The van der Waals surface area contributed by atoms with Crippen LogP contribution in [0.25, 0.3) is 0 Å². The molecule has 1 aromatic heterocycles. The number of nitrogens with zero attached hydrogens (tertiary/aromatic N) is 3. The van der Waals surface area contributed by atoms with Crippen molar-refractivity contribution in [1.82, 2.24) is 15.2 Å². The van der Waals surface area contributed by atoms with Gasteiger partial charge < -0.3 is 10.6 Å². The molecule has 2 heterocycles. The van der Waals surface area contributed by atoms with E-state index < -0.39 is 0 Å². The van der Waals surface area contributed by atoms with Crippen LogP contribution in [0.5, 0.6) is 0 Å². The van der Waals surface area contributed by atoms with Gasteiger partial charge in [-0.1, -0.05) is 19.8 Å². The number of rotatable bonds is 3. The predicted molar refractivity (Wildman–Crippen MR) is 80.8 cm³/mol. The summed E-state index contributed by atoms with van der Waals surface area (Å²) in [6.45, 7) is 6.49. The molecule has 3 N–H and O–H groups in total. The van der Waals surface area contributed by atoms with Crippen LogP contribution in [0.4, 0.5) is 5.95 Å². The maximum atomic E-state index is 6.00. The van der Waals surface area contributed by atoms with Gasteiger partial charge in [0, 0.05) is 24.5 Å². The molecule has 5 heteroatoms. The molecule has 112 valence electrons. The number of anilines is 1. The van der Waals surface area contributed by atoms with Crippen LogP contribution in [0.3, 0.4) is 0 Å². The Morgan fingerprint density at radius 1 is 1.30 bits per heavy atom. The molecule has 0 radical (unpaired) electrons. The molecule has 0 bridgehead atoms. The van der Waals surface area contributed by atoms with E-state index in [9.17, 15) is 0 Å². The lowest BCUT2D eigenvalue weighted by atomic mass is 9.88. The van der Waals surface area contributed by atoms with E-state index >= 15 is 0 Å². The molecule has 1 unspecified atom stereocenters. The van der Waals surface area contributed by atoms with Crippen LogP contribution >= 0.6 is 0 Å². The first-order valence-electron chi connectivity index (χ1n) is 8.02. The SMILES string of the molecule is CC(N)C1CCN(c2n[nH]c(C3(C)CCCC3)n2)CC1. The van der Waals surface area contributed by atoms with E-state index in [4.69, 9.17) is 10.7 Å². The van der Waals surface area contributed by atoms with Crippen LogP contribution in [-0.2, 0) is 5.41 Å². The van der Waals surface area contributed by atoms with Crippen molar-refractivity contribution >= 4 is 5.95 Å². The molecule has 0 amide bonds. The molecular weight excluding hydrogens is 250 g/mol. The van der Waals surface area contributed by atoms with Crippen LogP contribution in [0.15, 0.2) is 0 Å². The average Bonchev–Trinajstić information content (AvgIpc) is 3.08. The normalized spacial score (nSPS) is 25.1. The predicted octanol–water partition coefficient (Wildman–Crippen LogP) is 2.20. The van der Waals surface area contributed by atoms with Crippen molar-refractivity contribution < 1.29 is 0 Å². The molecule has 1 aliphatic heterocycles. The third kappa shape index (κ3) is 2.55. The second-order valence-electron chi connectivity index (χ2n) is 6.94. The number of hydrogen-bond acceptors (Lipinski definition) is 4. The second-order valence-corrected chi connectivity index (χ2v) is 6.94. The summed E-state index contributed by atoms with van der Waals surface area (Å²) in [5.74, 6) is 2.62. The quantitative estimate of drug-likeness (QED) is 0.888. The van der Waals surface area contributed by atoms with E-state index in [0.717, 1.165) is 37.7 Å². The highest BCUT2D eigenvalue weighted by molar-refractivity contribution is 5.31. The minimum atomic E-state index is 0.218. The number of H-pyrrole nitrogens is 1. The molecule has 2 aliphatic rings. The third-order valence-corrected chi connectivity index (χ3v) is 5.32. The van der Waals surface area contributed by atoms with E-state index in [1.807, 2.05) is 0 Å². The molecule has 0 aromatic carbocycles. The van der Waals surface area contributed by atoms with Gasteiger partial charge in [-0.05, 0) is 38.5 Å². The fraction of sp³-hybridized carbons (Fsp3) is 0.867. The Morgan fingerprint density at radius 2 is 1.95 bits per heavy atom. The van der Waals surface area contributed by atoms with Crippen LogP contribution in [0.2, 0.25) is 0 Å². The summed E-state index contributed by atoms with van der Waals surface area (Å²) >= 11 is 0. The third-order valence-electron chi connectivity index (χ3n) is 5.32. The summed E-state index contributed by atoms with van der Waals surface area (Å²) in [6, 6.07) is 0.303. The number of aromatic amines is 1. The van der Waals surface area contributed by atoms with E-state index in [2.05, 4.69) is 28.9 Å². The minimum absolute atomic E-state index is 0.218. The van der Waals surface area contributed by atoms with Crippen molar-refractivity contribution in [3.8, 4) is 0 Å². The Balaban J connectivity index is 1.66. The Bertz CT molecular complexity index is 439. The van der Waals surface area contributed by atoms with E-state index in [0.29, 0.717) is 12.0 Å². The molecule has 5 nitrogen and oxygen atoms in total. The summed E-state index contributed by atoms with van der Waals surface area (Å²) < 4.78 is 0. The van der Waals surface area contributed by atoms with Crippen molar-refractivity contribution in [3.05, 3.63) is 5.82 Å². The minimum Gasteiger partial charge on any atom is -0.340 e. The van der Waals surface area contributed by atoms with Gasteiger partial charge in [0.05, 0.1) is 0 Å². The number of hydrogen-bond donors (Lipinski definition) is 2. The highest BCUT2D eigenvalue weighted by Crippen LogP contribution is 2.39. The Hall–Kier alpha value is -1.10. The Kier molecular flexibility index (Phi) is 3.71. The smallest absolute Gasteiger partial charge is 0.244 e. The van der Waals surface area contributed by atoms with E-state index in [1.54, 1.807) is 0 Å². The zero-order valence-electron chi connectivity index (χ0n) is 12.7. The molecule has 3 rings (SSSR count). The first kappa shape index (κ1) is 13.9. The highest BCUT2D eigenvalue weighted by atomic mass is 15.4. The Morgan fingerprint density at radius 3 is 2.55 bits per heavy atom. The van der Waals surface area contributed by atoms with E-state index in [1.165, 1.54) is 25.7 Å². The number of aromatic nitrogens is 3. The molecule has 20 heavy (non-hydrogen) atoms. The van der Waals surface area contributed by atoms with Gasteiger partial charge in [-0.15, -0.1) is 5.10 Å². The topological polar surface area (TPSA) is 70.8 Å². The van der Waals surface area contributed by atoms with Crippen LogP contribution in [-0.4, -0.2) is 34.3 Å². The van der Waals surface area contributed by atoms with Gasteiger partial charge in [-0.2, -0.15) is 4.98 Å². The highest BCUT2D eigenvalue weighted by Gasteiger charge is 2.34. The second kappa shape index (κ2) is 5.35. The molecule has 1 aliphatic carbocycles. The van der Waals surface area contributed by atoms with Gasteiger partial charge in [0.2, 0.25) is 5.95 Å². The number of nitrogens with two attached hydrogens (primary N) is 1. The van der Waals surface area contributed by atoms with Crippen molar-refractivity contribution in [2.45, 2.75) is 63.8 Å². The summed E-state index contributed by atoms with van der Waals surface area (Å²) in [5.41, 5.74) is 6.22. The largest absolute Gasteiger partial charge is 0.340 e. The van der Waals surface area contributed by atoms with Gasteiger partial charge in [-0.3, -0.25) is 5.10 Å². The maximum absolute atomic E-state index is 6.00. The fourth-order valence-corrected chi connectivity index (χ4v) is 3.68. The van der Waals surface area contributed by atoms with Gasteiger partial charge >= 0.3 is 0 Å². The Labute approximate surface area is 121 Å². The molecular formula is C15H27N5.